The molecule has 0 amide bonds. The van der Waals surface area contributed by atoms with E-state index in [4.69, 9.17) is 19.3 Å². The molecule has 124 valence electrons. The molecule has 1 atom stereocenters. The van der Waals surface area contributed by atoms with Gasteiger partial charge in [0.1, 0.15) is 6.61 Å². The van der Waals surface area contributed by atoms with Crippen LogP contribution in [0.15, 0.2) is 0 Å². The summed E-state index contributed by atoms with van der Waals surface area (Å²) in [6.45, 7) is 5.56. The molecular weight excluding hydrogens is 276 g/mol. The number of aliphatic carboxylic acids is 1. The lowest BCUT2D eigenvalue weighted by molar-refractivity contribution is -0.150. The average molecular weight is 304 g/mol. The van der Waals surface area contributed by atoms with Crippen molar-refractivity contribution in [2.24, 2.45) is 5.92 Å². The van der Waals surface area contributed by atoms with E-state index in [2.05, 4.69) is 6.92 Å². The Morgan fingerprint density at radius 1 is 1.00 bits per heavy atom. The maximum absolute atomic E-state index is 11.8. The highest BCUT2D eigenvalue weighted by Gasteiger charge is 2.16. The predicted molar refractivity (Wildman–Crippen MR) is 78.2 cm³/mol. The summed E-state index contributed by atoms with van der Waals surface area (Å²) in [5, 5.41) is 8.40. The second-order valence-corrected chi connectivity index (χ2v) is 4.78. The highest BCUT2D eigenvalue weighted by atomic mass is 16.6. The second-order valence-electron chi connectivity index (χ2n) is 4.78. The Hall–Kier alpha value is -1.14. The van der Waals surface area contributed by atoms with Crippen LogP contribution in [0.25, 0.3) is 0 Å². The maximum Gasteiger partial charge on any atom is 0.308 e. The monoisotopic (exact) mass is 304 g/mol. The van der Waals surface area contributed by atoms with E-state index in [0.29, 0.717) is 19.8 Å². The van der Waals surface area contributed by atoms with E-state index in [0.717, 1.165) is 25.7 Å². The summed E-state index contributed by atoms with van der Waals surface area (Å²) in [4.78, 5) is 22.0. The van der Waals surface area contributed by atoms with Crippen LogP contribution >= 0.6 is 0 Å². The Balaban J connectivity index is 3.44. The zero-order valence-electron chi connectivity index (χ0n) is 13.1. The summed E-state index contributed by atoms with van der Waals surface area (Å²) in [5.74, 6) is -1.03. The molecule has 0 radical (unpaired) electrons. The fourth-order valence-corrected chi connectivity index (χ4v) is 1.74. The molecule has 0 aliphatic heterocycles. The van der Waals surface area contributed by atoms with E-state index in [-0.39, 0.29) is 31.5 Å². The fourth-order valence-electron chi connectivity index (χ4n) is 1.74. The zero-order valence-corrected chi connectivity index (χ0v) is 13.1. The van der Waals surface area contributed by atoms with Crippen LogP contribution in [-0.2, 0) is 23.8 Å². The lowest BCUT2D eigenvalue weighted by atomic mass is 10.00. The molecule has 0 heterocycles. The van der Waals surface area contributed by atoms with Crippen molar-refractivity contribution in [2.45, 2.75) is 46.0 Å². The van der Waals surface area contributed by atoms with Gasteiger partial charge < -0.3 is 19.3 Å². The van der Waals surface area contributed by atoms with Crippen LogP contribution < -0.4 is 0 Å². The van der Waals surface area contributed by atoms with Crippen molar-refractivity contribution in [1.82, 2.24) is 0 Å². The van der Waals surface area contributed by atoms with Crippen LogP contribution in [0, 0.1) is 5.92 Å². The molecule has 0 saturated carbocycles. The molecule has 0 rings (SSSR count). The molecule has 1 unspecified atom stereocenters. The molecule has 0 saturated heterocycles. The second kappa shape index (κ2) is 13.8. The molecule has 0 aromatic carbocycles. The first-order chi connectivity index (χ1) is 10.1. The molecule has 21 heavy (non-hydrogen) atoms. The molecule has 0 aromatic rings. The van der Waals surface area contributed by atoms with Crippen molar-refractivity contribution >= 4 is 11.9 Å². The number of carboxylic acid groups (broad SMARTS) is 1. The Morgan fingerprint density at radius 2 is 1.62 bits per heavy atom. The average Bonchev–Trinajstić information content (AvgIpc) is 2.46. The maximum atomic E-state index is 11.8. The van der Waals surface area contributed by atoms with E-state index in [1.54, 1.807) is 0 Å². The minimum Gasteiger partial charge on any atom is -0.481 e. The van der Waals surface area contributed by atoms with Gasteiger partial charge in [-0.2, -0.15) is 0 Å². The molecule has 0 aromatic heterocycles. The van der Waals surface area contributed by atoms with E-state index < -0.39 is 5.97 Å². The first-order valence-corrected chi connectivity index (χ1v) is 7.65. The quantitative estimate of drug-likeness (QED) is 0.391. The van der Waals surface area contributed by atoms with Crippen molar-refractivity contribution < 1.29 is 28.9 Å². The number of carboxylic acids is 1. The normalized spacial score (nSPS) is 12.1. The minimum absolute atomic E-state index is 0.00617. The molecular formula is C15H28O6. The Labute approximate surface area is 126 Å². The fraction of sp³-hybridized carbons (Fsp3) is 0.867. The van der Waals surface area contributed by atoms with Gasteiger partial charge in [0, 0.05) is 0 Å². The van der Waals surface area contributed by atoms with Gasteiger partial charge in [-0.1, -0.05) is 26.7 Å². The van der Waals surface area contributed by atoms with Crippen LogP contribution in [0.2, 0.25) is 0 Å². The van der Waals surface area contributed by atoms with Crippen molar-refractivity contribution in [3.8, 4) is 0 Å². The summed E-state index contributed by atoms with van der Waals surface area (Å²) in [6, 6.07) is 0. The summed E-state index contributed by atoms with van der Waals surface area (Å²) in [6.07, 6.45) is 3.79. The smallest absolute Gasteiger partial charge is 0.308 e. The number of esters is 1. The topological polar surface area (TPSA) is 82.1 Å². The van der Waals surface area contributed by atoms with Crippen LogP contribution in [0.1, 0.15) is 46.0 Å². The number of unbranched alkanes of at least 4 members (excludes halogenated alkanes) is 1. The number of carbonyl (C=O) groups excluding carboxylic acids is 1. The number of hydrogen-bond acceptors (Lipinski definition) is 5. The third kappa shape index (κ3) is 12.3. The van der Waals surface area contributed by atoms with Gasteiger partial charge in [0.25, 0.3) is 0 Å². The Morgan fingerprint density at radius 3 is 2.19 bits per heavy atom. The first kappa shape index (κ1) is 19.9. The molecule has 1 N–H and O–H groups in total. The summed E-state index contributed by atoms with van der Waals surface area (Å²) in [5.41, 5.74) is 0. The van der Waals surface area contributed by atoms with Gasteiger partial charge in [0.05, 0.1) is 38.8 Å². The minimum atomic E-state index is -0.878. The van der Waals surface area contributed by atoms with E-state index >= 15 is 0 Å². The third-order valence-corrected chi connectivity index (χ3v) is 3.04. The Bertz CT molecular complexity index is 279. The van der Waals surface area contributed by atoms with Crippen molar-refractivity contribution in [3.05, 3.63) is 0 Å². The number of rotatable bonds is 14. The van der Waals surface area contributed by atoms with Crippen molar-refractivity contribution in [3.63, 3.8) is 0 Å². The molecule has 6 nitrogen and oxygen atoms in total. The van der Waals surface area contributed by atoms with Gasteiger partial charge in [-0.25, -0.2) is 0 Å². The van der Waals surface area contributed by atoms with Crippen LogP contribution in [0.3, 0.4) is 0 Å². The highest BCUT2D eigenvalue weighted by Crippen LogP contribution is 2.14. The third-order valence-electron chi connectivity index (χ3n) is 3.04. The number of hydrogen-bond donors (Lipinski definition) is 1. The van der Waals surface area contributed by atoms with Gasteiger partial charge in [-0.15, -0.1) is 0 Å². The van der Waals surface area contributed by atoms with Gasteiger partial charge in [0.2, 0.25) is 0 Å². The number of carbonyl (C=O) groups is 2. The van der Waals surface area contributed by atoms with Crippen molar-refractivity contribution in [1.29, 1.82) is 0 Å². The summed E-state index contributed by atoms with van der Waals surface area (Å²) < 4.78 is 15.5. The van der Waals surface area contributed by atoms with Crippen LogP contribution in [0.4, 0.5) is 0 Å². The van der Waals surface area contributed by atoms with Gasteiger partial charge in [-0.3, -0.25) is 9.59 Å². The lowest BCUT2D eigenvalue weighted by Gasteiger charge is -2.13. The van der Waals surface area contributed by atoms with E-state index in [1.807, 2.05) is 6.92 Å². The molecule has 6 heteroatoms. The summed E-state index contributed by atoms with van der Waals surface area (Å²) in [7, 11) is 0. The Kier molecular flexibility index (Phi) is 13.1. The molecule has 0 bridgehead atoms. The lowest BCUT2D eigenvalue weighted by Crippen LogP contribution is -2.20. The molecule has 0 spiro atoms. The molecule has 0 aliphatic rings. The zero-order chi connectivity index (χ0) is 15.9. The highest BCUT2D eigenvalue weighted by molar-refractivity contribution is 5.72. The summed E-state index contributed by atoms with van der Waals surface area (Å²) >= 11 is 0. The molecule has 0 aliphatic carbocycles. The van der Waals surface area contributed by atoms with Gasteiger partial charge >= 0.3 is 11.9 Å². The van der Waals surface area contributed by atoms with Crippen molar-refractivity contribution in [2.75, 3.05) is 33.0 Å². The predicted octanol–water partition coefficient (Wildman–Crippen LogP) is 2.25. The largest absolute Gasteiger partial charge is 0.481 e. The van der Waals surface area contributed by atoms with E-state index in [9.17, 15) is 9.59 Å². The standard InChI is InChI=1S/C15H28O6/c1-3-5-6-13(4-2)15(18)21-12-11-20-10-9-19-8-7-14(16)17/h13H,3-12H2,1-2H3,(H,16,17). The SMILES string of the molecule is CCCCC(CC)C(=O)OCCOCCOCCC(=O)O. The van der Waals surface area contributed by atoms with Crippen LogP contribution in [-0.4, -0.2) is 50.1 Å². The number of ether oxygens (including phenoxy) is 3. The molecule has 0 fully saturated rings. The van der Waals surface area contributed by atoms with Gasteiger partial charge in [-0.05, 0) is 12.8 Å². The van der Waals surface area contributed by atoms with Crippen LogP contribution in [0.5, 0.6) is 0 Å². The van der Waals surface area contributed by atoms with E-state index in [1.165, 1.54) is 0 Å². The first-order valence-electron chi connectivity index (χ1n) is 7.65. The van der Waals surface area contributed by atoms with Gasteiger partial charge in [0.15, 0.2) is 0 Å².